The van der Waals surface area contributed by atoms with E-state index in [9.17, 15) is 18.4 Å². The molecule has 3 heterocycles. The van der Waals surface area contributed by atoms with Crippen molar-refractivity contribution in [2.75, 3.05) is 52.3 Å². The average Bonchev–Trinajstić information content (AvgIpc) is 3.61. The number of fused-ring (bicyclic) bond motifs is 2. The van der Waals surface area contributed by atoms with Gasteiger partial charge in [0.15, 0.2) is 6.29 Å². The number of carbonyl (C=O) groups is 2. The highest BCUT2D eigenvalue weighted by atomic mass is 32.1. The largest absolute Gasteiger partial charge is 0.444 e. The van der Waals surface area contributed by atoms with Crippen LogP contribution in [0.25, 0.3) is 10.2 Å². The number of thiazole rings is 1. The smallest absolute Gasteiger partial charge is 0.410 e. The van der Waals surface area contributed by atoms with Crippen LogP contribution in [0.1, 0.15) is 43.6 Å². The van der Waals surface area contributed by atoms with Gasteiger partial charge in [0.05, 0.1) is 38.4 Å². The van der Waals surface area contributed by atoms with Gasteiger partial charge in [-0.25, -0.2) is 18.6 Å². The first-order valence-corrected chi connectivity index (χ1v) is 15.5. The van der Waals surface area contributed by atoms with E-state index in [4.69, 9.17) is 4.74 Å². The molecule has 4 aromatic rings. The number of halogens is 2. The zero-order valence-corrected chi connectivity index (χ0v) is 26.2. The Hall–Kier alpha value is -4.65. The van der Waals surface area contributed by atoms with Crippen molar-refractivity contribution in [3.63, 3.8) is 0 Å². The number of alkyl halides is 2. The van der Waals surface area contributed by atoms with Gasteiger partial charge in [0.25, 0.3) is 11.8 Å². The SMILES string of the molecule is CC(C)(C)OC(=O)N1CCN(c2cc3c(cc2C(=O)Nc2ccc4ncsc4c2)NC(Nc2ccccc2C(C)(F)F)N3)CC1. The van der Waals surface area contributed by atoms with Gasteiger partial charge in [0.1, 0.15) is 5.60 Å². The topological polar surface area (TPSA) is 111 Å². The Kier molecular flexibility index (Phi) is 7.89. The second-order valence-electron chi connectivity index (χ2n) is 12.2. The minimum Gasteiger partial charge on any atom is -0.444 e. The number of rotatable bonds is 6. The number of benzene rings is 3. The minimum absolute atomic E-state index is 0.119. The summed E-state index contributed by atoms with van der Waals surface area (Å²) in [5, 5.41) is 12.7. The van der Waals surface area contributed by atoms with Crippen LogP contribution in [-0.4, -0.2) is 60.0 Å². The number of ether oxygens (including phenoxy) is 1. The lowest BCUT2D eigenvalue weighted by Gasteiger charge is -2.37. The van der Waals surface area contributed by atoms with Crippen molar-refractivity contribution in [3.05, 3.63) is 71.2 Å². The Balaban J connectivity index is 1.26. The predicted molar refractivity (Wildman–Crippen MR) is 175 cm³/mol. The summed E-state index contributed by atoms with van der Waals surface area (Å²) in [6.07, 6.45) is -0.974. The first-order valence-electron chi connectivity index (χ1n) is 14.7. The molecule has 2 amide bonds. The first-order chi connectivity index (χ1) is 21.3. The van der Waals surface area contributed by atoms with Crippen molar-refractivity contribution < 1.29 is 23.1 Å². The fourth-order valence-corrected chi connectivity index (χ4v) is 6.14. The van der Waals surface area contributed by atoms with Crippen LogP contribution < -0.4 is 26.2 Å². The molecule has 3 aromatic carbocycles. The monoisotopic (exact) mass is 635 g/mol. The maximum atomic E-state index is 14.3. The number of piperazine rings is 1. The third-order valence-corrected chi connectivity index (χ3v) is 8.33. The molecule has 0 radical (unpaired) electrons. The van der Waals surface area contributed by atoms with Gasteiger partial charge in [-0.2, -0.15) is 0 Å². The number of nitrogens with one attached hydrogen (secondary N) is 4. The van der Waals surface area contributed by atoms with Crippen LogP contribution in [0.15, 0.2) is 60.1 Å². The van der Waals surface area contributed by atoms with Gasteiger partial charge < -0.3 is 35.8 Å². The molecule has 1 unspecified atom stereocenters. The molecule has 45 heavy (non-hydrogen) atoms. The minimum atomic E-state index is -3.03. The van der Waals surface area contributed by atoms with Crippen LogP contribution in [0.5, 0.6) is 0 Å². The summed E-state index contributed by atoms with van der Waals surface area (Å²) in [5.41, 5.74) is 5.30. The van der Waals surface area contributed by atoms with Crippen LogP contribution >= 0.6 is 11.3 Å². The highest BCUT2D eigenvalue weighted by Gasteiger charge is 2.32. The van der Waals surface area contributed by atoms with E-state index in [2.05, 4.69) is 31.2 Å². The van der Waals surface area contributed by atoms with Crippen LogP contribution in [-0.2, 0) is 10.7 Å². The molecule has 1 atom stereocenters. The molecular formula is C32H35F2N7O3S. The Bertz CT molecular complexity index is 1740. The maximum absolute atomic E-state index is 14.3. The third kappa shape index (κ3) is 6.72. The molecule has 1 fully saturated rings. The Morgan fingerprint density at radius 3 is 2.40 bits per heavy atom. The van der Waals surface area contributed by atoms with Gasteiger partial charge in [0.2, 0.25) is 0 Å². The van der Waals surface area contributed by atoms with E-state index >= 15 is 0 Å². The molecule has 0 bridgehead atoms. The van der Waals surface area contributed by atoms with E-state index in [0.717, 1.165) is 17.1 Å². The summed E-state index contributed by atoms with van der Waals surface area (Å²) >= 11 is 1.49. The van der Waals surface area contributed by atoms with E-state index in [1.807, 2.05) is 45.0 Å². The zero-order chi connectivity index (χ0) is 31.9. The average molecular weight is 636 g/mol. The lowest BCUT2D eigenvalue weighted by atomic mass is 10.1. The Morgan fingerprint density at radius 2 is 1.69 bits per heavy atom. The molecule has 2 aliphatic rings. The van der Waals surface area contributed by atoms with E-state index < -0.39 is 17.8 Å². The van der Waals surface area contributed by atoms with Gasteiger partial charge in [-0.3, -0.25) is 4.79 Å². The van der Waals surface area contributed by atoms with Crippen LogP contribution in [0.3, 0.4) is 0 Å². The molecule has 4 N–H and O–H groups in total. The number of aromatic nitrogens is 1. The number of hydrogen-bond acceptors (Lipinski definition) is 9. The van der Waals surface area contributed by atoms with Gasteiger partial charge in [-0.15, -0.1) is 11.3 Å². The normalized spacial score (nSPS) is 16.5. The fraction of sp³-hybridized carbons (Fsp3) is 0.344. The molecule has 1 saturated heterocycles. The molecule has 6 rings (SSSR count). The third-order valence-electron chi connectivity index (χ3n) is 7.54. The summed E-state index contributed by atoms with van der Waals surface area (Å²) in [4.78, 5) is 34.5. The van der Waals surface area contributed by atoms with Crippen molar-refractivity contribution in [1.82, 2.24) is 9.88 Å². The molecular weight excluding hydrogens is 600 g/mol. The molecule has 0 spiro atoms. The van der Waals surface area contributed by atoms with Gasteiger partial charge in [-0.05, 0) is 57.2 Å². The summed E-state index contributed by atoms with van der Waals surface area (Å²) in [5.74, 6) is -3.34. The summed E-state index contributed by atoms with van der Waals surface area (Å²) in [6.45, 7) is 8.18. The van der Waals surface area contributed by atoms with Gasteiger partial charge in [0, 0.05) is 50.0 Å². The van der Waals surface area contributed by atoms with Crippen LogP contribution in [0.2, 0.25) is 0 Å². The van der Waals surface area contributed by atoms with E-state index in [-0.39, 0.29) is 23.3 Å². The number of amides is 2. The van der Waals surface area contributed by atoms with Gasteiger partial charge >= 0.3 is 6.09 Å². The fourth-order valence-electron chi connectivity index (χ4n) is 5.42. The second kappa shape index (κ2) is 11.7. The van der Waals surface area contributed by atoms with E-state index in [1.54, 1.807) is 34.7 Å². The Labute approximate surface area is 263 Å². The number of anilines is 5. The molecule has 236 valence electrons. The first kappa shape index (κ1) is 30.4. The summed E-state index contributed by atoms with van der Waals surface area (Å²) in [7, 11) is 0. The standard InChI is InChI=1S/C32H35F2N7O3S/c1-31(2,3)44-30(43)41-13-11-40(12-14-41)26-17-25-24(38-29(39-25)37-22-8-6-5-7-21(22)32(4,33)34)16-20(26)28(42)36-19-9-10-23-27(15-19)45-18-35-23/h5-10,15-18,29,37-39H,11-14H2,1-4H3,(H,36,42). The number of nitrogens with zero attached hydrogens (tertiary/aromatic N) is 3. The molecule has 0 aliphatic carbocycles. The molecule has 1 aromatic heterocycles. The molecule has 2 aliphatic heterocycles. The summed E-state index contributed by atoms with van der Waals surface area (Å²) < 4.78 is 35.1. The number of carbonyl (C=O) groups excluding carboxylic acids is 2. The number of hydrogen-bond donors (Lipinski definition) is 4. The van der Waals surface area contributed by atoms with E-state index in [1.165, 1.54) is 17.4 Å². The summed E-state index contributed by atoms with van der Waals surface area (Å²) in [6, 6.07) is 15.5. The van der Waals surface area contributed by atoms with Crippen molar-refractivity contribution >= 4 is 62.0 Å². The van der Waals surface area contributed by atoms with E-state index in [0.29, 0.717) is 54.5 Å². The number of para-hydroxylation sites is 1. The quantitative estimate of drug-likeness (QED) is 0.180. The second-order valence-corrected chi connectivity index (χ2v) is 13.0. The molecule has 13 heteroatoms. The lowest BCUT2D eigenvalue weighted by molar-refractivity contribution is 0.0181. The van der Waals surface area contributed by atoms with Crippen molar-refractivity contribution in [3.8, 4) is 0 Å². The zero-order valence-electron chi connectivity index (χ0n) is 25.4. The van der Waals surface area contributed by atoms with Crippen LogP contribution in [0.4, 0.5) is 42.0 Å². The predicted octanol–water partition coefficient (Wildman–Crippen LogP) is 6.95. The van der Waals surface area contributed by atoms with Crippen LogP contribution in [0, 0.1) is 0 Å². The maximum Gasteiger partial charge on any atom is 0.410 e. The van der Waals surface area contributed by atoms with Crippen molar-refractivity contribution in [1.29, 1.82) is 0 Å². The molecule has 10 nitrogen and oxygen atoms in total. The Morgan fingerprint density at radius 1 is 0.978 bits per heavy atom. The molecule has 0 saturated carbocycles. The van der Waals surface area contributed by atoms with Crippen molar-refractivity contribution in [2.45, 2.75) is 45.5 Å². The highest BCUT2D eigenvalue weighted by Crippen LogP contribution is 2.39. The highest BCUT2D eigenvalue weighted by molar-refractivity contribution is 7.16. The van der Waals surface area contributed by atoms with Crippen molar-refractivity contribution in [2.24, 2.45) is 0 Å². The lowest BCUT2D eigenvalue weighted by Crippen LogP contribution is -2.50. The van der Waals surface area contributed by atoms with Gasteiger partial charge in [-0.1, -0.05) is 18.2 Å².